The zero-order valence-electron chi connectivity index (χ0n) is 12.1. The molecule has 0 aromatic heterocycles. The molecular weight excluding hydrogens is 292 g/mol. The Morgan fingerprint density at radius 1 is 1.25 bits per heavy atom. The van der Waals surface area contributed by atoms with Gasteiger partial charge in [-0.25, -0.2) is 13.1 Å². The van der Waals surface area contributed by atoms with E-state index in [9.17, 15) is 8.42 Å². The van der Waals surface area contributed by atoms with Crippen LogP contribution in [0.4, 0.5) is 5.69 Å². The minimum Gasteiger partial charge on any atom is -0.399 e. The Morgan fingerprint density at radius 2 is 1.85 bits per heavy atom. The Hall–Kier alpha value is -0.720. The van der Waals surface area contributed by atoms with Gasteiger partial charge in [0.2, 0.25) is 10.0 Å². The molecule has 1 aliphatic carbocycles. The summed E-state index contributed by atoms with van der Waals surface area (Å²) in [6.07, 6.45) is 5.11. The van der Waals surface area contributed by atoms with Crippen molar-refractivity contribution in [3.63, 3.8) is 0 Å². The van der Waals surface area contributed by atoms with Crippen molar-refractivity contribution >= 4 is 27.5 Å². The number of sulfonamides is 1. The van der Waals surface area contributed by atoms with Gasteiger partial charge in [-0.2, -0.15) is 11.8 Å². The Labute approximate surface area is 125 Å². The molecule has 0 saturated heterocycles. The van der Waals surface area contributed by atoms with Crippen molar-refractivity contribution in [3.8, 4) is 0 Å². The van der Waals surface area contributed by atoms with Gasteiger partial charge >= 0.3 is 0 Å². The second-order valence-corrected chi connectivity index (χ2v) is 8.14. The summed E-state index contributed by atoms with van der Waals surface area (Å²) in [5.41, 5.74) is 7.76. The lowest BCUT2D eigenvalue weighted by Gasteiger charge is -2.21. The molecule has 112 valence electrons. The molecule has 2 rings (SSSR count). The molecule has 0 bridgehead atoms. The summed E-state index contributed by atoms with van der Waals surface area (Å²) in [5, 5.41) is 0.374. The molecule has 1 aliphatic rings. The lowest BCUT2D eigenvalue weighted by molar-refractivity contribution is 0.554. The predicted octanol–water partition coefficient (Wildman–Crippen LogP) is 2.45. The van der Waals surface area contributed by atoms with Gasteiger partial charge in [0.05, 0.1) is 4.90 Å². The number of rotatable bonds is 4. The molecule has 0 radical (unpaired) electrons. The van der Waals surface area contributed by atoms with Crippen LogP contribution in [0.25, 0.3) is 0 Å². The van der Waals surface area contributed by atoms with Gasteiger partial charge in [-0.3, -0.25) is 0 Å². The maximum atomic E-state index is 12.6. The second kappa shape index (κ2) is 5.95. The number of nitrogens with two attached hydrogens (primary N) is 1. The first kappa shape index (κ1) is 15.7. The number of nitrogen functional groups attached to an aromatic ring is 1. The summed E-state index contributed by atoms with van der Waals surface area (Å²) in [6.45, 7) is 3.58. The summed E-state index contributed by atoms with van der Waals surface area (Å²) in [6, 6.07) is 3.45. The Morgan fingerprint density at radius 3 is 2.40 bits per heavy atom. The highest BCUT2D eigenvalue weighted by molar-refractivity contribution is 7.99. The fourth-order valence-electron chi connectivity index (χ4n) is 3.01. The molecule has 1 aromatic carbocycles. The first-order chi connectivity index (χ1) is 9.35. The number of thioether (sulfide) groups is 1. The fraction of sp³-hybridized carbons (Fsp3) is 0.571. The molecular formula is C14H22N2O2S2. The molecule has 1 saturated carbocycles. The third-order valence-electron chi connectivity index (χ3n) is 3.81. The maximum absolute atomic E-state index is 12.6. The van der Waals surface area contributed by atoms with Crippen molar-refractivity contribution < 1.29 is 8.42 Å². The number of hydrogen-bond donors (Lipinski definition) is 2. The zero-order chi connectivity index (χ0) is 14.9. The van der Waals surface area contributed by atoms with E-state index < -0.39 is 10.0 Å². The van der Waals surface area contributed by atoms with Crippen LogP contribution in [0.15, 0.2) is 17.0 Å². The normalized spacial score (nSPS) is 23.1. The van der Waals surface area contributed by atoms with Crippen LogP contribution >= 0.6 is 11.8 Å². The predicted molar refractivity (Wildman–Crippen MR) is 85.6 cm³/mol. The third-order valence-corrected chi connectivity index (χ3v) is 6.78. The molecule has 0 spiro atoms. The van der Waals surface area contributed by atoms with E-state index in [-0.39, 0.29) is 6.04 Å². The Balaban J connectivity index is 2.32. The topological polar surface area (TPSA) is 72.2 Å². The molecule has 0 amide bonds. The van der Waals surface area contributed by atoms with Gasteiger partial charge in [-0.15, -0.1) is 0 Å². The molecule has 4 nitrogen and oxygen atoms in total. The van der Waals surface area contributed by atoms with Gasteiger partial charge in [0.1, 0.15) is 0 Å². The lowest BCUT2D eigenvalue weighted by Crippen LogP contribution is -2.39. The van der Waals surface area contributed by atoms with Crippen molar-refractivity contribution in [1.29, 1.82) is 0 Å². The Kier molecular flexibility index (Phi) is 4.66. The summed E-state index contributed by atoms with van der Waals surface area (Å²) >= 11 is 1.74. The van der Waals surface area contributed by atoms with Gasteiger partial charge in [0, 0.05) is 17.0 Å². The van der Waals surface area contributed by atoms with E-state index in [1.165, 1.54) is 0 Å². The molecule has 1 fully saturated rings. The lowest BCUT2D eigenvalue weighted by atomic mass is 10.1. The smallest absolute Gasteiger partial charge is 0.241 e. The van der Waals surface area contributed by atoms with E-state index >= 15 is 0 Å². The number of hydrogen-bond acceptors (Lipinski definition) is 4. The van der Waals surface area contributed by atoms with E-state index in [4.69, 9.17) is 5.73 Å². The highest BCUT2D eigenvalue weighted by Crippen LogP contribution is 2.30. The largest absolute Gasteiger partial charge is 0.399 e. The first-order valence-electron chi connectivity index (χ1n) is 6.77. The van der Waals surface area contributed by atoms with E-state index in [0.29, 0.717) is 27.0 Å². The minimum atomic E-state index is -3.48. The van der Waals surface area contributed by atoms with Crippen LogP contribution in [0.2, 0.25) is 0 Å². The second-order valence-electron chi connectivity index (χ2n) is 5.42. The van der Waals surface area contributed by atoms with E-state index in [1.54, 1.807) is 37.7 Å². The van der Waals surface area contributed by atoms with Gasteiger partial charge < -0.3 is 5.73 Å². The molecule has 2 unspecified atom stereocenters. The standard InChI is InChI=1S/C14H22N2O2S2/c1-9-7-11(15)8-10(2)14(9)20(17,18)16-12-5-4-6-13(12)19-3/h7-8,12-13,16H,4-6,15H2,1-3H3. The van der Waals surface area contributed by atoms with Gasteiger partial charge in [-0.1, -0.05) is 6.42 Å². The quantitative estimate of drug-likeness (QED) is 0.837. The number of benzene rings is 1. The Bertz CT molecular complexity index is 576. The van der Waals surface area contributed by atoms with Crippen molar-refractivity contribution in [2.24, 2.45) is 0 Å². The summed E-state index contributed by atoms with van der Waals surface area (Å²) in [7, 11) is -3.48. The summed E-state index contributed by atoms with van der Waals surface area (Å²) in [5.74, 6) is 0. The van der Waals surface area contributed by atoms with E-state index in [0.717, 1.165) is 19.3 Å². The van der Waals surface area contributed by atoms with Crippen molar-refractivity contribution in [2.45, 2.75) is 49.3 Å². The zero-order valence-corrected chi connectivity index (χ0v) is 13.8. The molecule has 0 heterocycles. The van der Waals surface area contributed by atoms with Gasteiger partial charge in [0.25, 0.3) is 0 Å². The van der Waals surface area contributed by atoms with Crippen LogP contribution in [0, 0.1) is 13.8 Å². The van der Waals surface area contributed by atoms with Crippen LogP contribution in [0.5, 0.6) is 0 Å². The average Bonchev–Trinajstić information content (AvgIpc) is 2.73. The third kappa shape index (κ3) is 3.13. The molecule has 0 aliphatic heterocycles. The minimum absolute atomic E-state index is 0.0337. The van der Waals surface area contributed by atoms with Gasteiger partial charge in [0.15, 0.2) is 0 Å². The average molecular weight is 314 g/mol. The molecule has 20 heavy (non-hydrogen) atoms. The first-order valence-corrected chi connectivity index (χ1v) is 9.54. The van der Waals surface area contributed by atoms with Crippen LogP contribution in [-0.2, 0) is 10.0 Å². The molecule has 6 heteroatoms. The highest BCUT2D eigenvalue weighted by atomic mass is 32.2. The van der Waals surface area contributed by atoms with Crippen molar-refractivity contribution in [1.82, 2.24) is 4.72 Å². The maximum Gasteiger partial charge on any atom is 0.241 e. The van der Waals surface area contributed by atoms with Gasteiger partial charge in [-0.05, 0) is 56.2 Å². The van der Waals surface area contributed by atoms with E-state index in [2.05, 4.69) is 4.72 Å². The monoisotopic (exact) mass is 314 g/mol. The summed E-state index contributed by atoms with van der Waals surface area (Å²) in [4.78, 5) is 0.374. The van der Waals surface area contributed by atoms with Crippen LogP contribution in [-0.4, -0.2) is 26.0 Å². The van der Waals surface area contributed by atoms with Crippen LogP contribution in [0.3, 0.4) is 0 Å². The van der Waals surface area contributed by atoms with Crippen molar-refractivity contribution in [3.05, 3.63) is 23.3 Å². The number of nitrogens with one attached hydrogen (secondary N) is 1. The van der Waals surface area contributed by atoms with E-state index in [1.807, 2.05) is 6.26 Å². The highest BCUT2D eigenvalue weighted by Gasteiger charge is 2.31. The van der Waals surface area contributed by atoms with Crippen molar-refractivity contribution in [2.75, 3.05) is 12.0 Å². The molecule has 1 aromatic rings. The fourth-order valence-corrected chi connectivity index (χ4v) is 5.79. The SMILES string of the molecule is CSC1CCCC1NS(=O)(=O)c1c(C)cc(N)cc1C. The molecule has 2 atom stereocenters. The number of anilines is 1. The van der Waals surface area contributed by atoms with Crippen LogP contribution < -0.4 is 10.5 Å². The molecule has 3 N–H and O–H groups in total. The summed E-state index contributed by atoms with van der Waals surface area (Å²) < 4.78 is 28.2. The number of aryl methyl sites for hydroxylation is 2. The van der Waals surface area contributed by atoms with Crippen LogP contribution in [0.1, 0.15) is 30.4 Å².